The summed E-state index contributed by atoms with van der Waals surface area (Å²) in [5.74, 6) is -3.60. The average molecular weight is 524 g/mol. The summed E-state index contributed by atoms with van der Waals surface area (Å²) < 4.78 is 65.5. The number of anilines is 3. The number of hydrogen-bond acceptors (Lipinski definition) is 8. The van der Waals surface area contributed by atoms with Gasteiger partial charge in [-0.3, -0.25) is 9.59 Å². The summed E-state index contributed by atoms with van der Waals surface area (Å²) in [5, 5.41) is 21.2. The summed E-state index contributed by atoms with van der Waals surface area (Å²) in [6.45, 7) is 0. The van der Waals surface area contributed by atoms with Crippen molar-refractivity contribution >= 4 is 29.3 Å². The SMILES string of the molecule is O=C(Nc1ccc(OC2CCC(C(=O)O)CC2)cc1)c1nnc(Nc2cc(F)cc(OC(F)(F)F)c2)o1. The number of carboxylic acid groups (broad SMARTS) is 1. The maximum absolute atomic E-state index is 13.6. The number of carbonyl (C=O) groups excluding carboxylic acids is 1. The number of ether oxygens (including phenoxy) is 2. The van der Waals surface area contributed by atoms with Crippen LogP contribution in [-0.2, 0) is 4.79 Å². The van der Waals surface area contributed by atoms with Crippen LogP contribution >= 0.6 is 0 Å². The smallest absolute Gasteiger partial charge is 0.490 e. The molecule has 1 heterocycles. The van der Waals surface area contributed by atoms with Gasteiger partial charge in [-0.2, -0.15) is 0 Å². The normalized spacial score (nSPS) is 17.6. The molecule has 1 aliphatic carbocycles. The summed E-state index contributed by atoms with van der Waals surface area (Å²) in [6, 6.07) is 8.37. The largest absolute Gasteiger partial charge is 0.573 e. The molecule has 0 atom stereocenters. The summed E-state index contributed by atoms with van der Waals surface area (Å²) in [4.78, 5) is 23.5. The van der Waals surface area contributed by atoms with Gasteiger partial charge in [0.15, 0.2) is 0 Å². The second kappa shape index (κ2) is 10.7. The molecule has 14 heteroatoms. The first kappa shape index (κ1) is 25.7. The van der Waals surface area contributed by atoms with Crippen molar-refractivity contribution in [3.05, 3.63) is 54.2 Å². The van der Waals surface area contributed by atoms with Crippen molar-refractivity contribution < 1.29 is 46.1 Å². The maximum atomic E-state index is 13.6. The van der Waals surface area contributed by atoms with E-state index in [1.165, 1.54) is 0 Å². The van der Waals surface area contributed by atoms with Gasteiger partial charge in [0.1, 0.15) is 17.3 Å². The van der Waals surface area contributed by atoms with Gasteiger partial charge >= 0.3 is 30.1 Å². The Morgan fingerprint density at radius 1 is 0.973 bits per heavy atom. The van der Waals surface area contributed by atoms with E-state index in [-0.39, 0.29) is 23.7 Å². The first-order chi connectivity index (χ1) is 17.5. The Morgan fingerprint density at radius 3 is 2.32 bits per heavy atom. The lowest BCUT2D eigenvalue weighted by Crippen LogP contribution is -2.27. The molecule has 1 fully saturated rings. The van der Waals surface area contributed by atoms with E-state index >= 15 is 0 Å². The lowest BCUT2D eigenvalue weighted by molar-refractivity contribution is -0.274. The van der Waals surface area contributed by atoms with E-state index < -0.39 is 35.7 Å². The van der Waals surface area contributed by atoms with Crippen LogP contribution in [0.4, 0.5) is 35.0 Å². The fourth-order valence-electron chi connectivity index (χ4n) is 3.74. The third kappa shape index (κ3) is 7.32. The van der Waals surface area contributed by atoms with E-state index in [9.17, 15) is 27.2 Å². The monoisotopic (exact) mass is 524 g/mol. The minimum atomic E-state index is -5.01. The van der Waals surface area contributed by atoms with E-state index in [0.29, 0.717) is 43.2 Å². The van der Waals surface area contributed by atoms with Crippen LogP contribution in [0.1, 0.15) is 36.4 Å². The van der Waals surface area contributed by atoms with Gasteiger partial charge in [-0.1, -0.05) is 5.10 Å². The van der Waals surface area contributed by atoms with E-state index in [1.54, 1.807) is 24.3 Å². The zero-order valence-corrected chi connectivity index (χ0v) is 18.9. The second-order valence-corrected chi connectivity index (χ2v) is 8.17. The van der Waals surface area contributed by atoms with Crippen LogP contribution in [0.15, 0.2) is 46.9 Å². The van der Waals surface area contributed by atoms with Gasteiger partial charge in [0.2, 0.25) is 0 Å². The average Bonchev–Trinajstić information content (AvgIpc) is 3.28. The third-order valence-corrected chi connectivity index (χ3v) is 5.41. The van der Waals surface area contributed by atoms with E-state index in [2.05, 4.69) is 25.6 Å². The summed E-state index contributed by atoms with van der Waals surface area (Å²) in [6.07, 6.45) is -2.72. The lowest BCUT2D eigenvalue weighted by Gasteiger charge is -2.26. The Labute approximate surface area is 206 Å². The van der Waals surface area contributed by atoms with Gasteiger partial charge in [0, 0.05) is 23.5 Å². The molecule has 0 aliphatic heterocycles. The Kier molecular flexibility index (Phi) is 7.45. The highest BCUT2D eigenvalue weighted by molar-refractivity contribution is 6.00. The van der Waals surface area contributed by atoms with E-state index in [4.69, 9.17) is 14.3 Å². The number of alkyl halides is 3. The predicted molar refractivity (Wildman–Crippen MR) is 119 cm³/mol. The highest BCUT2D eigenvalue weighted by Gasteiger charge is 2.31. The molecule has 0 saturated heterocycles. The molecular weight excluding hydrogens is 504 g/mol. The molecule has 1 aliphatic rings. The zero-order valence-electron chi connectivity index (χ0n) is 18.9. The molecule has 10 nitrogen and oxygen atoms in total. The number of halogens is 4. The molecular formula is C23H20F4N4O6. The summed E-state index contributed by atoms with van der Waals surface area (Å²) >= 11 is 0. The quantitative estimate of drug-likeness (QED) is 0.343. The van der Waals surface area contributed by atoms with Crippen molar-refractivity contribution in [2.24, 2.45) is 5.92 Å². The van der Waals surface area contributed by atoms with Crippen LogP contribution in [-0.4, -0.2) is 39.6 Å². The number of benzene rings is 2. The number of nitrogens with zero attached hydrogens (tertiary/aromatic N) is 2. The molecule has 37 heavy (non-hydrogen) atoms. The van der Waals surface area contributed by atoms with Gasteiger partial charge in [-0.05, 0) is 56.0 Å². The Hall–Kier alpha value is -4.36. The van der Waals surface area contributed by atoms with Crippen molar-refractivity contribution in [2.75, 3.05) is 10.6 Å². The van der Waals surface area contributed by atoms with Gasteiger partial charge in [0.05, 0.1) is 12.0 Å². The molecule has 0 spiro atoms. The zero-order chi connectivity index (χ0) is 26.6. The standard InChI is InChI=1S/C23H20F4N4O6/c24-13-9-15(11-18(10-13)37-23(25,26)27)29-22-31-30-20(36-22)19(32)28-14-3-7-17(8-4-14)35-16-5-1-12(2-6-16)21(33)34/h3-4,7-12,16H,1-2,5-6H2,(H,28,32)(H,29,31)(H,33,34). The van der Waals surface area contributed by atoms with Crippen LogP contribution < -0.4 is 20.1 Å². The molecule has 196 valence electrons. The van der Waals surface area contributed by atoms with Crippen LogP contribution in [0, 0.1) is 11.7 Å². The highest BCUT2D eigenvalue weighted by atomic mass is 19.4. The van der Waals surface area contributed by atoms with Crippen LogP contribution in [0.25, 0.3) is 0 Å². The molecule has 4 rings (SSSR count). The fourth-order valence-corrected chi connectivity index (χ4v) is 3.74. The van der Waals surface area contributed by atoms with E-state index in [1.807, 2.05) is 0 Å². The highest BCUT2D eigenvalue weighted by Crippen LogP contribution is 2.29. The third-order valence-electron chi connectivity index (χ3n) is 5.41. The maximum Gasteiger partial charge on any atom is 0.573 e. The molecule has 3 N–H and O–H groups in total. The Bertz CT molecular complexity index is 1260. The van der Waals surface area contributed by atoms with Crippen LogP contribution in [0.3, 0.4) is 0 Å². The summed E-state index contributed by atoms with van der Waals surface area (Å²) in [7, 11) is 0. The number of nitrogens with one attached hydrogen (secondary N) is 2. The molecule has 0 bridgehead atoms. The molecule has 2 aromatic carbocycles. The van der Waals surface area contributed by atoms with Gasteiger partial charge in [0.25, 0.3) is 0 Å². The number of hydrogen-bond donors (Lipinski definition) is 3. The number of aromatic nitrogens is 2. The minimum Gasteiger partial charge on any atom is -0.490 e. The number of carbonyl (C=O) groups is 2. The first-order valence-corrected chi connectivity index (χ1v) is 11.0. The Morgan fingerprint density at radius 2 is 1.68 bits per heavy atom. The van der Waals surface area contributed by atoms with Gasteiger partial charge in [-0.15, -0.1) is 18.3 Å². The topological polar surface area (TPSA) is 136 Å². The van der Waals surface area contributed by atoms with Crippen LogP contribution in [0.2, 0.25) is 0 Å². The summed E-state index contributed by atoms with van der Waals surface area (Å²) in [5.41, 5.74) is 0.209. The molecule has 3 aromatic rings. The first-order valence-electron chi connectivity index (χ1n) is 11.0. The van der Waals surface area contributed by atoms with Crippen molar-refractivity contribution in [2.45, 2.75) is 38.1 Å². The number of rotatable bonds is 8. The van der Waals surface area contributed by atoms with Crippen LogP contribution in [0.5, 0.6) is 11.5 Å². The fraction of sp³-hybridized carbons (Fsp3) is 0.304. The Balaban J connectivity index is 1.31. The number of aliphatic carboxylic acids is 1. The van der Waals surface area contributed by atoms with E-state index in [0.717, 1.165) is 12.1 Å². The molecule has 1 aromatic heterocycles. The van der Waals surface area contributed by atoms with Crippen molar-refractivity contribution in [1.82, 2.24) is 10.2 Å². The van der Waals surface area contributed by atoms with Gasteiger partial charge < -0.3 is 29.6 Å². The van der Waals surface area contributed by atoms with Crippen molar-refractivity contribution in [1.29, 1.82) is 0 Å². The minimum absolute atomic E-state index is 0.0884. The van der Waals surface area contributed by atoms with Crippen molar-refractivity contribution in [3.63, 3.8) is 0 Å². The number of carboxylic acids is 1. The van der Waals surface area contributed by atoms with Crippen molar-refractivity contribution in [3.8, 4) is 11.5 Å². The molecule has 1 saturated carbocycles. The molecule has 1 amide bonds. The lowest BCUT2D eigenvalue weighted by atomic mass is 9.87. The second-order valence-electron chi connectivity index (χ2n) is 8.17. The van der Waals surface area contributed by atoms with Gasteiger partial charge in [-0.25, -0.2) is 4.39 Å². The molecule has 0 unspecified atom stereocenters. The predicted octanol–water partition coefficient (Wildman–Crippen LogP) is 5.13. The molecule has 0 radical (unpaired) electrons. The number of amides is 1.